The Morgan fingerprint density at radius 2 is 2.24 bits per heavy atom. The average Bonchev–Trinajstić information content (AvgIpc) is 2.30. The van der Waals surface area contributed by atoms with Crippen molar-refractivity contribution in [2.24, 2.45) is 0 Å². The third-order valence-corrected chi connectivity index (χ3v) is 3.07. The van der Waals surface area contributed by atoms with E-state index in [4.69, 9.17) is 4.74 Å². The molecule has 1 N–H and O–H groups in total. The van der Waals surface area contributed by atoms with Crippen molar-refractivity contribution in [2.45, 2.75) is 19.9 Å². The number of hydrogen-bond donors (Lipinski definition) is 1. The van der Waals surface area contributed by atoms with E-state index in [1.807, 2.05) is 13.2 Å². The topological polar surface area (TPSA) is 21.3 Å². The van der Waals surface area contributed by atoms with Gasteiger partial charge in [-0.1, -0.05) is 13.0 Å². The van der Waals surface area contributed by atoms with Crippen molar-refractivity contribution >= 4 is 11.8 Å². The van der Waals surface area contributed by atoms with Crippen LogP contribution in [0.15, 0.2) is 18.2 Å². The van der Waals surface area contributed by atoms with Crippen LogP contribution in [0.1, 0.15) is 25.5 Å². The number of hydrogen-bond acceptors (Lipinski definition) is 3. The van der Waals surface area contributed by atoms with Crippen molar-refractivity contribution in [3.05, 3.63) is 29.6 Å². The molecule has 0 aliphatic heterocycles. The van der Waals surface area contributed by atoms with Gasteiger partial charge in [0.2, 0.25) is 0 Å². The van der Waals surface area contributed by atoms with Gasteiger partial charge in [0.15, 0.2) is 0 Å². The summed E-state index contributed by atoms with van der Waals surface area (Å²) < 4.78 is 18.8. The second kappa shape index (κ2) is 7.56. The van der Waals surface area contributed by atoms with Crippen molar-refractivity contribution in [1.29, 1.82) is 0 Å². The van der Waals surface area contributed by atoms with E-state index >= 15 is 0 Å². The van der Waals surface area contributed by atoms with Crippen molar-refractivity contribution < 1.29 is 9.13 Å². The zero-order valence-corrected chi connectivity index (χ0v) is 11.4. The summed E-state index contributed by atoms with van der Waals surface area (Å²) in [5, 5.41) is 3.30. The minimum Gasteiger partial charge on any atom is -0.492 e. The van der Waals surface area contributed by atoms with E-state index in [2.05, 4.69) is 12.2 Å². The Bertz CT molecular complexity index is 346. The van der Waals surface area contributed by atoms with Crippen molar-refractivity contribution in [3.8, 4) is 5.75 Å². The summed E-state index contributed by atoms with van der Waals surface area (Å²) in [5.41, 5.74) is 1.01. The molecule has 2 nitrogen and oxygen atoms in total. The molecule has 0 saturated carbocycles. The maximum Gasteiger partial charge on any atom is 0.127 e. The Hall–Kier alpha value is -0.740. The highest BCUT2D eigenvalue weighted by molar-refractivity contribution is 7.98. The largest absolute Gasteiger partial charge is 0.492 e. The van der Waals surface area contributed by atoms with Crippen LogP contribution in [0.5, 0.6) is 5.75 Å². The van der Waals surface area contributed by atoms with Crippen LogP contribution < -0.4 is 10.1 Å². The molecule has 0 aliphatic rings. The van der Waals surface area contributed by atoms with Gasteiger partial charge in [0.05, 0.1) is 6.61 Å². The van der Waals surface area contributed by atoms with Crippen molar-refractivity contribution in [2.75, 3.05) is 25.2 Å². The van der Waals surface area contributed by atoms with Gasteiger partial charge in [-0.25, -0.2) is 4.39 Å². The quantitative estimate of drug-likeness (QED) is 0.758. The first kappa shape index (κ1) is 14.3. The first-order chi connectivity index (χ1) is 8.19. The molecule has 4 heteroatoms. The van der Waals surface area contributed by atoms with E-state index in [9.17, 15) is 4.39 Å². The molecule has 1 atom stereocenters. The SMILES string of the molecule is CCNC(C)c1ccc(F)cc1OCCSC. The highest BCUT2D eigenvalue weighted by Crippen LogP contribution is 2.26. The summed E-state index contributed by atoms with van der Waals surface area (Å²) in [4.78, 5) is 0. The van der Waals surface area contributed by atoms with E-state index in [1.54, 1.807) is 17.8 Å². The standard InChI is InChI=1S/C13H20FNOS/c1-4-15-10(2)12-6-5-11(14)9-13(12)16-7-8-17-3/h5-6,9-10,15H,4,7-8H2,1-3H3. The predicted molar refractivity (Wildman–Crippen MR) is 72.4 cm³/mol. The van der Waals surface area contributed by atoms with E-state index in [0.717, 1.165) is 17.9 Å². The lowest BCUT2D eigenvalue weighted by Crippen LogP contribution is -2.19. The lowest BCUT2D eigenvalue weighted by Gasteiger charge is -2.17. The van der Waals surface area contributed by atoms with E-state index in [-0.39, 0.29) is 11.9 Å². The molecule has 17 heavy (non-hydrogen) atoms. The maximum absolute atomic E-state index is 13.2. The van der Waals surface area contributed by atoms with Gasteiger partial charge in [0, 0.05) is 23.4 Å². The normalized spacial score (nSPS) is 12.5. The number of benzene rings is 1. The fourth-order valence-electron chi connectivity index (χ4n) is 1.64. The smallest absolute Gasteiger partial charge is 0.127 e. The van der Waals surface area contributed by atoms with Crippen molar-refractivity contribution in [3.63, 3.8) is 0 Å². The highest BCUT2D eigenvalue weighted by atomic mass is 32.2. The Labute approximate surface area is 107 Å². The van der Waals surface area contributed by atoms with Crippen LogP contribution in [-0.2, 0) is 0 Å². The third-order valence-electron chi connectivity index (χ3n) is 2.50. The first-order valence-electron chi connectivity index (χ1n) is 5.83. The van der Waals surface area contributed by atoms with Crippen LogP contribution >= 0.6 is 11.8 Å². The van der Waals surface area contributed by atoms with E-state index in [1.165, 1.54) is 12.1 Å². The third kappa shape index (κ3) is 4.56. The molecule has 0 aliphatic carbocycles. The van der Waals surface area contributed by atoms with E-state index < -0.39 is 0 Å². The molecular weight excluding hydrogens is 237 g/mol. The summed E-state index contributed by atoms with van der Waals surface area (Å²) in [6, 6.07) is 4.90. The van der Waals surface area contributed by atoms with Crippen molar-refractivity contribution in [1.82, 2.24) is 5.32 Å². The monoisotopic (exact) mass is 257 g/mol. The van der Waals surface area contributed by atoms with Crippen LogP contribution in [0.2, 0.25) is 0 Å². The molecule has 1 unspecified atom stereocenters. The zero-order chi connectivity index (χ0) is 12.7. The lowest BCUT2D eigenvalue weighted by molar-refractivity contribution is 0.334. The summed E-state index contributed by atoms with van der Waals surface area (Å²) in [5.74, 6) is 1.30. The van der Waals surface area contributed by atoms with Crippen LogP contribution in [0.4, 0.5) is 4.39 Å². The molecule has 0 saturated heterocycles. The van der Waals surface area contributed by atoms with Crippen LogP contribution in [0, 0.1) is 5.82 Å². The van der Waals surface area contributed by atoms with Gasteiger partial charge in [0.25, 0.3) is 0 Å². The second-order valence-corrected chi connectivity index (χ2v) is 4.79. The van der Waals surface area contributed by atoms with Crippen LogP contribution in [-0.4, -0.2) is 25.2 Å². The minimum atomic E-state index is -0.253. The highest BCUT2D eigenvalue weighted by Gasteiger charge is 2.11. The molecular formula is C13H20FNOS. The lowest BCUT2D eigenvalue weighted by atomic mass is 10.1. The summed E-state index contributed by atoms with van der Waals surface area (Å²) in [7, 11) is 0. The molecule has 0 aromatic heterocycles. The minimum absolute atomic E-state index is 0.171. The van der Waals surface area contributed by atoms with Gasteiger partial charge in [0.1, 0.15) is 11.6 Å². The summed E-state index contributed by atoms with van der Waals surface area (Å²) >= 11 is 1.72. The number of rotatable bonds is 7. The molecule has 0 spiro atoms. The Morgan fingerprint density at radius 1 is 1.47 bits per heavy atom. The zero-order valence-electron chi connectivity index (χ0n) is 10.6. The molecule has 1 aromatic rings. The van der Waals surface area contributed by atoms with Gasteiger partial charge in [-0.2, -0.15) is 11.8 Å². The fraction of sp³-hybridized carbons (Fsp3) is 0.538. The Balaban J connectivity index is 2.79. The summed E-state index contributed by atoms with van der Waals surface area (Å²) in [6.07, 6.45) is 2.02. The number of nitrogens with one attached hydrogen (secondary N) is 1. The number of thioether (sulfide) groups is 1. The molecule has 0 heterocycles. The van der Waals surface area contributed by atoms with Gasteiger partial charge in [-0.15, -0.1) is 0 Å². The van der Waals surface area contributed by atoms with Gasteiger partial charge in [-0.05, 0) is 25.8 Å². The van der Waals surface area contributed by atoms with Crippen LogP contribution in [0.25, 0.3) is 0 Å². The summed E-state index contributed by atoms with van der Waals surface area (Å²) in [6.45, 7) is 5.59. The van der Waals surface area contributed by atoms with Gasteiger partial charge in [-0.3, -0.25) is 0 Å². The van der Waals surface area contributed by atoms with Gasteiger partial charge < -0.3 is 10.1 Å². The molecule has 1 aromatic carbocycles. The average molecular weight is 257 g/mol. The molecule has 0 bridgehead atoms. The Morgan fingerprint density at radius 3 is 2.88 bits per heavy atom. The molecule has 0 amide bonds. The molecule has 96 valence electrons. The fourth-order valence-corrected chi connectivity index (χ4v) is 1.89. The Kier molecular flexibility index (Phi) is 6.37. The predicted octanol–water partition coefficient (Wildman–Crippen LogP) is 3.24. The van der Waals surface area contributed by atoms with Gasteiger partial charge >= 0.3 is 0 Å². The maximum atomic E-state index is 13.2. The van der Waals surface area contributed by atoms with E-state index in [0.29, 0.717) is 12.4 Å². The molecule has 0 radical (unpaired) electrons. The van der Waals surface area contributed by atoms with Crippen LogP contribution in [0.3, 0.4) is 0 Å². The second-order valence-electron chi connectivity index (χ2n) is 3.80. The first-order valence-corrected chi connectivity index (χ1v) is 7.23. The number of ether oxygens (including phenoxy) is 1. The number of halogens is 1. The molecule has 0 fully saturated rings. The molecule has 1 rings (SSSR count).